The number of nitrogens with two attached hydrogens (primary N) is 1. The van der Waals surface area contributed by atoms with Crippen molar-refractivity contribution in [2.45, 2.75) is 38.5 Å². The minimum Gasteiger partial charge on any atom is -0.425 e. The van der Waals surface area contributed by atoms with Gasteiger partial charge in [-0.15, -0.1) is 0 Å². The number of hydrogen-bond donors (Lipinski definition) is 2. The second-order valence-corrected chi connectivity index (χ2v) is 5.68. The average Bonchev–Trinajstić information content (AvgIpc) is 2.92. The fraction of sp³-hybridized carbons (Fsp3) is 0.600. The van der Waals surface area contributed by atoms with Gasteiger partial charge in [0.15, 0.2) is 5.89 Å². The Morgan fingerprint density at radius 3 is 2.71 bits per heavy atom. The van der Waals surface area contributed by atoms with Crippen molar-refractivity contribution < 1.29 is 4.42 Å². The Balaban J connectivity index is 2.08. The first-order valence-electron chi connectivity index (χ1n) is 7.54. The van der Waals surface area contributed by atoms with Crippen molar-refractivity contribution in [1.82, 2.24) is 9.88 Å². The predicted octanol–water partition coefficient (Wildman–Crippen LogP) is 1.71. The van der Waals surface area contributed by atoms with Crippen LogP contribution in [0.25, 0.3) is 0 Å². The molecule has 1 spiro atoms. The van der Waals surface area contributed by atoms with Crippen molar-refractivity contribution >= 4 is 5.88 Å². The lowest BCUT2D eigenvalue weighted by Crippen LogP contribution is -2.46. The number of hydrogen-bond acceptors (Lipinski definition) is 6. The molecule has 1 saturated heterocycles. The molecule has 1 fully saturated rings. The molecule has 6 nitrogen and oxygen atoms in total. The Labute approximate surface area is 124 Å². The molecule has 0 bridgehead atoms. The van der Waals surface area contributed by atoms with Crippen LogP contribution in [0.5, 0.6) is 0 Å². The predicted molar refractivity (Wildman–Crippen MR) is 79.4 cm³/mol. The molecule has 0 unspecified atom stereocenters. The topological polar surface area (TPSA) is 91.1 Å². The van der Waals surface area contributed by atoms with E-state index in [0.717, 1.165) is 44.6 Å². The van der Waals surface area contributed by atoms with Crippen LogP contribution < -0.4 is 11.1 Å². The molecule has 3 heterocycles. The standard InChI is InChI=1S/C15H21N5O/c1-3-11-18-12-14(21-11)19-13(17)10(9-16)15(12)5-7-20(4-2)8-6-15/h19H,3-8,17H2,1-2H3. The van der Waals surface area contributed by atoms with E-state index in [-0.39, 0.29) is 5.41 Å². The summed E-state index contributed by atoms with van der Waals surface area (Å²) in [5.41, 5.74) is 7.16. The number of nitrogens with zero attached hydrogens (tertiary/aromatic N) is 3. The molecule has 6 heteroatoms. The highest BCUT2D eigenvalue weighted by molar-refractivity contribution is 5.61. The first-order valence-corrected chi connectivity index (χ1v) is 7.54. The van der Waals surface area contributed by atoms with Crippen LogP contribution in [-0.4, -0.2) is 29.5 Å². The normalized spacial score (nSPS) is 21.0. The molecule has 0 amide bonds. The van der Waals surface area contributed by atoms with Crippen LogP contribution in [0, 0.1) is 11.3 Å². The number of aromatic nitrogens is 1. The SMILES string of the molecule is CCc1nc2c(o1)NC(N)=C(C#N)C21CCN(CC)CC1. The molecule has 2 aliphatic heterocycles. The van der Waals surface area contributed by atoms with Crippen molar-refractivity contribution in [3.05, 3.63) is 23.0 Å². The molecule has 1 aromatic heterocycles. The van der Waals surface area contributed by atoms with E-state index in [2.05, 4.69) is 28.2 Å². The largest absolute Gasteiger partial charge is 0.425 e. The van der Waals surface area contributed by atoms with Gasteiger partial charge in [0.25, 0.3) is 0 Å². The van der Waals surface area contributed by atoms with Gasteiger partial charge in [-0.3, -0.25) is 0 Å². The lowest BCUT2D eigenvalue weighted by molar-refractivity contribution is 0.183. The van der Waals surface area contributed by atoms with Gasteiger partial charge in [0.1, 0.15) is 11.5 Å². The number of nitriles is 1. The molecule has 21 heavy (non-hydrogen) atoms. The number of oxazole rings is 1. The number of likely N-dealkylation sites (tertiary alicyclic amines) is 1. The summed E-state index contributed by atoms with van der Waals surface area (Å²) in [6, 6.07) is 2.31. The smallest absolute Gasteiger partial charge is 0.223 e. The number of aryl methyl sites for hydroxylation is 1. The minimum absolute atomic E-state index is 0.387. The summed E-state index contributed by atoms with van der Waals surface area (Å²) in [5, 5.41) is 12.6. The van der Waals surface area contributed by atoms with E-state index in [1.165, 1.54) is 0 Å². The van der Waals surface area contributed by atoms with Crippen LogP contribution in [0.1, 0.15) is 38.3 Å². The van der Waals surface area contributed by atoms with E-state index in [1.54, 1.807) is 0 Å². The molecule has 0 saturated carbocycles. The maximum Gasteiger partial charge on any atom is 0.223 e. The Hall–Kier alpha value is -2.00. The van der Waals surface area contributed by atoms with Gasteiger partial charge in [0, 0.05) is 6.42 Å². The summed E-state index contributed by atoms with van der Waals surface area (Å²) in [6.45, 7) is 7.09. The van der Waals surface area contributed by atoms with E-state index in [0.29, 0.717) is 23.2 Å². The molecule has 3 rings (SSSR count). The molecular formula is C15H21N5O. The first-order chi connectivity index (χ1) is 10.1. The molecule has 0 radical (unpaired) electrons. The fourth-order valence-electron chi connectivity index (χ4n) is 3.39. The van der Waals surface area contributed by atoms with Gasteiger partial charge < -0.3 is 20.4 Å². The van der Waals surface area contributed by atoms with Crippen LogP contribution >= 0.6 is 0 Å². The van der Waals surface area contributed by atoms with Crippen LogP contribution in [0.2, 0.25) is 0 Å². The Morgan fingerprint density at radius 1 is 1.43 bits per heavy atom. The monoisotopic (exact) mass is 287 g/mol. The van der Waals surface area contributed by atoms with Gasteiger partial charge in [0.2, 0.25) is 5.88 Å². The number of rotatable bonds is 2. The van der Waals surface area contributed by atoms with E-state index in [4.69, 9.17) is 10.2 Å². The Kier molecular flexibility index (Phi) is 3.38. The summed E-state index contributed by atoms with van der Waals surface area (Å²) in [7, 11) is 0. The third kappa shape index (κ3) is 2.00. The van der Waals surface area contributed by atoms with Crippen molar-refractivity contribution in [3.63, 3.8) is 0 Å². The van der Waals surface area contributed by atoms with Gasteiger partial charge in [-0.1, -0.05) is 13.8 Å². The van der Waals surface area contributed by atoms with E-state index < -0.39 is 0 Å². The van der Waals surface area contributed by atoms with Crippen molar-refractivity contribution in [2.24, 2.45) is 5.73 Å². The lowest BCUT2D eigenvalue weighted by atomic mass is 9.69. The number of fused-ring (bicyclic) bond motifs is 2. The summed E-state index contributed by atoms with van der Waals surface area (Å²) >= 11 is 0. The average molecular weight is 287 g/mol. The number of allylic oxidation sites excluding steroid dienone is 1. The number of anilines is 1. The molecule has 1 aromatic rings. The van der Waals surface area contributed by atoms with Gasteiger partial charge in [-0.25, -0.2) is 4.98 Å². The maximum atomic E-state index is 9.59. The highest BCUT2D eigenvalue weighted by Crippen LogP contribution is 2.47. The molecule has 112 valence electrons. The fourth-order valence-corrected chi connectivity index (χ4v) is 3.39. The van der Waals surface area contributed by atoms with Crippen LogP contribution in [0.4, 0.5) is 5.88 Å². The highest BCUT2D eigenvalue weighted by Gasteiger charge is 2.48. The van der Waals surface area contributed by atoms with Crippen LogP contribution in [-0.2, 0) is 11.8 Å². The highest BCUT2D eigenvalue weighted by atomic mass is 16.4. The van der Waals surface area contributed by atoms with Gasteiger partial charge in [-0.05, 0) is 32.5 Å². The third-order valence-corrected chi connectivity index (χ3v) is 4.69. The van der Waals surface area contributed by atoms with E-state index in [1.807, 2.05) is 6.92 Å². The van der Waals surface area contributed by atoms with Gasteiger partial charge in [0.05, 0.1) is 17.1 Å². The van der Waals surface area contributed by atoms with Crippen molar-refractivity contribution in [1.29, 1.82) is 5.26 Å². The molecule has 3 N–H and O–H groups in total. The molecule has 0 aliphatic carbocycles. The third-order valence-electron chi connectivity index (χ3n) is 4.69. The molecule has 2 aliphatic rings. The number of nitrogens with one attached hydrogen (secondary N) is 1. The summed E-state index contributed by atoms with van der Waals surface area (Å²) < 4.78 is 5.74. The summed E-state index contributed by atoms with van der Waals surface area (Å²) in [4.78, 5) is 7.03. The van der Waals surface area contributed by atoms with Gasteiger partial charge >= 0.3 is 0 Å². The Bertz CT molecular complexity index is 616. The second kappa shape index (κ2) is 5.08. The zero-order valence-electron chi connectivity index (χ0n) is 12.6. The second-order valence-electron chi connectivity index (χ2n) is 5.68. The van der Waals surface area contributed by atoms with Crippen molar-refractivity contribution in [2.75, 3.05) is 25.0 Å². The zero-order chi connectivity index (χ0) is 15.0. The Morgan fingerprint density at radius 2 is 2.14 bits per heavy atom. The van der Waals surface area contributed by atoms with E-state index >= 15 is 0 Å². The zero-order valence-corrected chi connectivity index (χ0v) is 12.6. The minimum atomic E-state index is -0.387. The molecular weight excluding hydrogens is 266 g/mol. The maximum absolute atomic E-state index is 9.59. The van der Waals surface area contributed by atoms with Gasteiger partial charge in [-0.2, -0.15) is 5.26 Å². The molecule has 0 aromatic carbocycles. The summed E-state index contributed by atoms with van der Waals surface area (Å²) in [6.07, 6.45) is 2.44. The van der Waals surface area contributed by atoms with E-state index in [9.17, 15) is 5.26 Å². The van der Waals surface area contributed by atoms with Crippen molar-refractivity contribution in [3.8, 4) is 6.07 Å². The van der Waals surface area contributed by atoms with Crippen LogP contribution in [0.15, 0.2) is 15.8 Å². The summed E-state index contributed by atoms with van der Waals surface area (Å²) in [5.74, 6) is 1.72. The van der Waals surface area contributed by atoms with Crippen LogP contribution in [0.3, 0.4) is 0 Å². The lowest BCUT2D eigenvalue weighted by Gasteiger charge is -2.42. The first kappa shape index (κ1) is 14.0. The quantitative estimate of drug-likeness (QED) is 0.860. The number of piperidine rings is 1. The molecule has 0 atom stereocenters.